The average molecular weight is 330 g/mol. The first-order chi connectivity index (χ1) is 11.4. The number of fused-ring (bicyclic) bond motifs is 5. The maximum absolute atomic E-state index is 11.9. The van der Waals surface area contributed by atoms with E-state index in [-0.39, 0.29) is 11.3 Å². The zero-order chi connectivity index (χ0) is 17.1. The van der Waals surface area contributed by atoms with Crippen molar-refractivity contribution in [2.45, 2.75) is 79.1 Å². The predicted molar refractivity (Wildman–Crippen MR) is 98.2 cm³/mol. The summed E-state index contributed by atoms with van der Waals surface area (Å²) in [6.45, 7) is 9.84. The molecule has 3 aliphatic carbocycles. The van der Waals surface area contributed by atoms with Gasteiger partial charge >= 0.3 is 0 Å². The molecule has 134 valence electrons. The first kappa shape index (κ1) is 16.7. The summed E-state index contributed by atoms with van der Waals surface area (Å²) in [6, 6.07) is 0. The summed E-state index contributed by atoms with van der Waals surface area (Å²) >= 11 is 0. The molecule has 4 rings (SSSR count). The van der Waals surface area contributed by atoms with Crippen molar-refractivity contribution in [2.24, 2.45) is 40.4 Å². The molecule has 1 amide bonds. The maximum Gasteiger partial charge on any atom is 0.224 e. The van der Waals surface area contributed by atoms with Gasteiger partial charge in [0.2, 0.25) is 5.91 Å². The highest BCUT2D eigenvalue weighted by Crippen LogP contribution is 2.66. The van der Waals surface area contributed by atoms with Crippen LogP contribution in [-0.4, -0.2) is 5.91 Å². The minimum absolute atomic E-state index is 0.218. The Labute approximate surface area is 147 Å². The van der Waals surface area contributed by atoms with Crippen LogP contribution in [0.25, 0.3) is 0 Å². The van der Waals surface area contributed by atoms with Gasteiger partial charge in [0.05, 0.1) is 0 Å². The van der Waals surface area contributed by atoms with E-state index in [1.807, 2.05) is 0 Å². The molecule has 0 aromatic heterocycles. The Hall–Kier alpha value is -0.790. The van der Waals surface area contributed by atoms with Crippen molar-refractivity contribution in [1.82, 2.24) is 5.32 Å². The van der Waals surface area contributed by atoms with Gasteiger partial charge in [-0.3, -0.25) is 4.79 Å². The van der Waals surface area contributed by atoms with E-state index in [2.05, 4.69) is 39.1 Å². The molecule has 0 aromatic carbocycles. The molecule has 0 bridgehead atoms. The topological polar surface area (TPSA) is 29.1 Å². The van der Waals surface area contributed by atoms with Crippen molar-refractivity contribution in [2.75, 3.05) is 0 Å². The Morgan fingerprint density at radius 2 is 1.96 bits per heavy atom. The molecule has 0 spiro atoms. The van der Waals surface area contributed by atoms with Crippen LogP contribution in [0.2, 0.25) is 0 Å². The normalized spacial score (nSPS) is 50.4. The van der Waals surface area contributed by atoms with Crippen molar-refractivity contribution in [3.05, 3.63) is 11.8 Å². The molecule has 0 aromatic rings. The SMILES string of the molecule is CCCC1CC[C@H]2[C@@H]3C(C)C=C4NC(=O)CC[C@]4(C)[C@@H]3CC[C@]12C. The van der Waals surface area contributed by atoms with Crippen LogP contribution in [-0.2, 0) is 4.79 Å². The summed E-state index contributed by atoms with van der Waals surface area (Å²) in [5, 5.41) is 3.24. The first-order valence-corrected chi connectivity index (χ1v) is 10.4. The molecule has 4 aliphatic rings. The van der Waals surface area contributed by atoms with Gasteiger partial charge in [-0.2, -0.15) is 0 Å². The number of rotatable bonds is 2. The number of carbonyl (C=O) groups is 1. The van der Waals surface area contributed by atoms with Crippen LogP contribution in [0.3, 0.4) is 0 Å². The van der Waals surface area contributed by atoms with Gasteiger partial charge in [-0.15, -0.1) is 0 Å². The van der Waals surface area contributed by atoms with Gasteiger partial charge in [-0.1, -0.05) is 46.6 Å². The van der Waals surface area contributed by atoms with E-state index in [9.17, 15) is 4.79 Å². The summed E-state index contributed by atoms with van der Waals surface area (Å²) in [5.41, 5.74) is 2.06. The van der Waals surface area contributed by atoms with Crippen LogP contribution in [0.4, 0.5) is 0 Å². The fraction of sp³-hybridized carbons (Fsp3) is 0.864. The van der Waals surface area contributed by atoms with Gasteiger partial charge in [-0.05, 0) is 67.1 Å². The Morgan fingerprint density at radius 1 is 1.17 bits per heavy atom. The second-order valence-corrected chi connectivity index (χ2v) is 9.80. The van der Waals surface area contributed by atoms with Crippen molar-refractivity contribution in [3.63, 3.8) is 0 Å². The van der Waals surface area contributed by atoms with Crippen LogP contribution in [0.15, 0.2) is 11.8 Å². The lowest BCUT2D eigenvalue weighted by atomic mass is 9.47. The predicted octanol–water partition coefficient (Wildman–Crippen LogP) is 5.30. The Kier molecular flexibility index (Phi) is 3.89. The summed E-state index contributed by atoms with van der Waals surface area (Å²) in [6.07, 6.45) is 12.6. The molecule has 1 aliphatic heterocycles. The van der Waals surface area contributed by atoms with E-state index in [1.165, 1.54) is 44.2 Å². The number of piperidine rings is 1. The number of hydrogen-bond donors (Lipinski definition) is 1. The molecule has 1 N–H and O–H groups in total. The third kappa shape index (κ3) is 2.17. The van der Waals surface area contributed by atoms with Crippen LogP contribution >= 0.6 is 0 Å². The minimum atomic E-state index is 0.218. The summed E-state index contributed by atoms with van der Waals surface area (Å²) in [5.74, 6) is 4.29. The van der Waals surface area contributed by atoms with Crippen LogP contribution in [0.1, 0.15) is 79.1 Å². The van der Waals surface area contributed by atoms with E-state index in [0.717, 1.165) is 30.1 Å². The highest BCUT2D eigenvalue weighted by Gasteiger charge is 2.59. The number of hydrogen-bond acceptors (Lipinski definition) is 1. The fourth-order valence-electron chi connectivity index (χ4n) is 7.46. The molecular formula is C22H35NO. The summed E-state index contributed by atoms with van der Waals surface area (Å²) in [7, 11) is 0. The number of amides is 1. The van der Waals surface area contributed by atoms with E-state index in [0.29, 0.717) is 17.8 Å². The molecule has 3 fully saturated rings. The molecule has 1 saturated heterocycles. The van der Waals surface area contributed by atoms with Gasteiger partial charge in [0.15, 0.2) is 0 Å². The quantitative estimate of drug-likeness (QED) is 0.732. The van der Waals surface area contributed by atoms with Crippen molar-refractivity contribution in [1.29, 1.82) is 0 Å². The van der Waals surface area contributed by atoms with E-state index < -0.39 is 0 Å². The second-order valence-electron chi connectivity index (χ2n) is 9.80. The number of carbonyl (C=O) groups excluding carboxylic acids is 1. The monoisotopic (exact) mass is 329 g/mol. The average Bonchev–Trinajstić information content (AvgIpc) is 2.87. The summed E-state index contributed by atoms with van der Waals surface area (Å²) in [4.78, 5) is 11.9. The van der Waals surface area contributed by atoms with Crippen molar-refractivity contribution in [3.8, 4) is 0 Å². The van der Waals surface area contributed by atoms with E-state index >= 15 is 0 Å². The van der Waals surface area contributed by atoms with Gasteiger partial charge in [-0.25, -0.2) is 0 Å². The molecule has 2 saturated carbocycles. The minimum Gasteiger partial charge on any atom is -0.330 e. The Morgan fingerprint density at radius 3 is 2.71 bits per heavy atom. The lowest BCUT2D eigenvalue weighted by Gasteiger charge is -2.59. The van der Waals surface area contributed by atoms with Crippen LogP contribution in [0, 0.1) is 40.4 Å². The highest BCUT2D eigenvalue weighted by molar-refractivity contribution is 5.79. The molecule has 2 unspecified atom stereocenters. The third-order valence-electron chi connectivity index (χ3n) is 8.78. The Bertz CT molecular complexity index is 566. The number of nitrogens with one attached hydrogen (secondary N) is 1. The zero-order valence-corrected chi connectivity index (χ0v) is 16.0. The van der Waals surface area contributed by atoms with E-state index in [4.69, 9.17) is 0 Å². The van der Waals surface area contributed by atoms with E-state index in [1.54, 1.807) is 0 Å². The zero-order valence-electron chi connectivity index (χ0n) is 16.0. The summed E-state index contributed by atoms with van der Waals surface area (Å²) < 4.78 is 0. The standard InChI is InChI=1S/C22H35NO/c1-5-6-15-7-8-16-20-14(2)13-18-22(4,12-10-19(24)23-18)17(20)9-11-21(15,16)3/h13-17,20H,5-12H2,1-4H3,(H,23,24)/t14?,15?,16-,17+,20-,21+,22+/m0/s1. The van der Waals surface area contributed by atoms with Crippen LogP contribution in [0.5, 0.6) is 0 Å². The van der Waals surface area contributed by atoms with Crippen LogP contribution < -0.4 is 5.32 Å². The molecule has 2 nitrogen and oxygen atoms in total. The second kappa shape index (κ2) is 5.61. The third-order valence-corrected chi connectivity index (χ3v) is 8.78. The maximum atomic E-state index is 11.9. The van der Waals surface area contributed by atoms with Gasteiger partial charge in [0.25, 0.3) is 0 Å². The van der Waals surface area contributed by atoms with Gasteiger partial charge < -0.3 is 5.32 Å². The number of allylic oxidation sites excluding steroid dienone is 2. The molecule has 7 atom stereocenters. The molecule has 24 heavy (non-hydrogen) atoms. The van der Waals surface area contributed by atoms with Crippen molar-refractivity contribution >= 4 is 5.91 Å². The first-order valence-electron chi connectivity index (χ1n) is 10.4. The molecule has 2 heteroatoms. The van der Waals surface area contributed by atoms with Gasteiger partial charge in [0, 0.05) is 17.5 Å². The smallest absolute Gasteiger partial charge is 0.224 e. The highest BCUT2D eigenvalue weighted by atomic mass is 16.1. The largest absolute Gasteiger partial charge is 0.330 e. The lowest BCUT2D eigenvalue weighted by Crippen LogP contribution is -2.55. The molecule has 0 radical (unpaired) electrons. The fourth-order valence-corrected chi connectivity index (χ4v) is 7.46. The molecule has 1 heterocycles. The van der Waals surface area contributed by atoms with Gasteiger partial charge in [0.1, 0.15) is 0 Å². The Balaban J connectivity index is 1.69. The molecular weight excluding hydrogens is 294 g/mol. The lowest BCUT2D eigenvalue weighted by molar-refractivity contribution is -0.125. The van der Waals surface area contributed by atoms with Crippen molar-refractivity contribution < 1.29 is 4.79 Å².